The van der Waals surface area contributed by atoms with Crippen LogP contribution in [0.2, 0.25) is 0 Å². The minimum Gasteiger partial charge on any atom is -0.384 e. The number of nitrogens with two attached hydrogens (primary N) is 1. The number of nitrogen functional groups attached to an aromatic ring is 1. The summed E-state index contributed by atoms with van der Waals surface area (Å²) in [7, 11) is 0. The van der Waals surface area contributed by atoms with E-state index < -0.39 is 0 Å². The Morgan fingerprint density at radius 1 is 1.53 bits per heavy atom. The smallest absolute Gasteiger partial charge is 0.125 e. The highest BCUT2D eigenvalue weighted by atomic mass is 32.2. The first-order chi connectivity index (χ1) is 7.15. The number of nitrogens with zero attached hydrogens (tertiary/aromatic N) is 1. The van der Waals surface area contributed by atoms with Crippen LogP contribution in [-0.4, -0.2) is 16.6 Å². The monoisotopic (exact) mass is 223 g/mol. The number of thioether (sulfide) groups is 1. The normalized spacial score (nSPS) is 10.3. The second kappa shape index (κ2) is 5.75. The molecule has 1 rings (SSSR count). The average molecular weight is 223 g/mol. The van der Waals surface area contributed by atoms with Crippen LogP contribution in [0.5, 0.6) is 0 Å². The molecule has 15 heavy (non-hydrogen) atoms. The summed E-state index contributed by atoms with van der Waals surface area (Å²) in [6.07, 6.45) is 2.34. The first-order valence-corrected chi connectivity index (χ1v) is 6.08. The van der Waals surface area contributed by atoms with Crippen molar-refractivity contribution in [3.05, 3.63) is 23.4 Å². The van der Waals surface area contributed by atoms with E-state index >= 15 is 0 Å². The van der Waals surface area contributed by atoms with Crippen LogP contribution in [0.25, 0.3) is 0 Å². The Balaban J connectivity index is 2.82. The van der Waals surface area contributed by atoms with Crippen molar-refractivity contribution in [3.8, 4) is 0 Å². The van der Waals surface area contributed by atoms with Gasteiger partial charge >= 0.3 is 0 Å². The van der Waals surface area contributed by atoms with Crippen molar-refractivity contribution in [1.29, 1.82) is 5.41 Å². The molecular weight excluding hydrogens is 206 g/mol. The van der Waals surface area contributed by atoms with E-state index in [9.17, 15) is 0 Å². The maximum Gasteiger partial charge on any atom is 0.125 e. The van der Waals surface area contributed by atoms with Gasteiger partial charge in [0.2, 0.25) is 0 Å². The molecule has 0 amide bonds. The van der Waals surface area contributed by atoms with Crippen LogP contribution in [-0.2, 0) is 0 Å². The molecule has 1 heterocycles. The van der Waals surface area contributed by atoms with Gasteiger partial charge in [-0.1, -0.05) is 13.3 Å². The lowest BCUT2D eigenvalue weighted by Crippen LogP contribution is -2.13. The SMILES string of the molecule is CCCCSc1nc(C)ccc1C(=N)N. The molecule has 0 aliphatic heterocycles. The molecule has 0 radical (unpaired) electrons. The zero-order valence-electron chi connectivity index (χ0n) is 9.21. The van der Waals surface area contributed by atoms with Gasteiger partial charge in [-0.15, -0.1) is 11.8 Å². The van der Waals surface area contributed by atoms with E-state index in [1.807, 2.05) is 19.1 Å². The third-order valence-electron chi connectivity index (χ3n) is 2.03. The van der Waals surface area contributed by atoms with E-state index in [1.54, 1.807) is 11.8 Å². The van der Waals surface area contributed by atoms with Crippen molar-refractivity contribution >= 4 is 17.6 Å². The Kier molecular flexibility index (Phi) is 4.62. The minimum absolute atomic E-state index is 0.0986. The van der Waals surface area contributed by atoms with Crippen molar-refractivity contribution in [2.45, 2.75) is 31.7 Å². The van der Waals surface area contributed by atoms with Crippen LogP contribution in [0.15, 0.2) is 17.2 Å². The maximum atomic E-state index is 7.45. The molecule has 0 unspecified atom stereocenters. The van der Waals surface area contributed by atoms with Crippen LogP contribution in [0.4, 0.5) is 0 Å². The Hall–Kier alpha value is -1.03. The standard InChI is InChI=1S/C11H17N3S/c1-3-4-7-15-11-9(10(12)13)6-5-8(2)14-11/h5-6H,3-4,7H2,1-2H3,(H3,12,13). The van der Waals surface area contributed by atoms with Crippen LogP contribution < -0.4 is 5.73 Å². The number of pyridine rings is 1. The minimum atomic E-state index is 0.0986. The summed E-state index contributed by atoms with van der Waals surface area (Å²) in [6, 6.07) is 3.76. The Morgan fingerprint density at radius 3 is 2.87 bits per heavy atom. The predicted molar refractivity (Wildman–Crippen MR) is 65.6 cm³/mol. The molecular formula is C11H17N3S. The molecule has 0 aromatic carbocycles. The number of rotatable bonds is 5. The van der Waals surface area contributed by atoms with E-state index in [-0.39, 0.29) is 5.84 Å². The highest BCUT2D eigenvalue weighted by molar-refractivity contribution is 7.99. The zero-order valence-corrected chi connectivity index (χ0v) is 10.0. The Morgan fingerprint density at radius 2 is 2.27 bits per heavy atom. The zero-order chi connectivity index (χ0) is 11.3. The quantitative estimate of drug-likeness (QED) is 0.349. The summed E-state index contributed by atoms with van der Waals surface area (Å²) in [4.78, 5) is 4.41. The molecule has 0 saturated heterocycles. The fraction of sp³-hybridized carbons (Fsp3) is 0.455. The van der Waals surface area contributed by atoms with Crippen molar-refractivity contribution in [2.24, 2.45) is 5.73 Å². The number of unbranched alkanes of at least 4 members (excludes halogenated alkanes) is 1. The molecule has 3 nitrogen and oxygen atoms in total. The molecule has 0 fully saturated rings. The second-order valence-electron chi connectivity index (χ2n) is 3.42. The molecule has 0 atom stereocenters. The second-order valence-corrected chi connectivity index (χ2v) is 4.50. The molecule has 0 saturated carbocycles. The third kappa shape index (κ3) is 3.55. The molecule has 0 spiro atoms. The summed E-state index contributed by atoms with van der Waals surface area (Å²) < 4.78 is 0. The lowest BCUT2D eigenvalue weighted by atomic mass is 10.2. The van der Waals surface area contributed by atoms with Gasteiger partial charge in [0.25, 0.3) is 0 Å². The lowest BCUT2D eigenvalue weighted by Gasteiger charge is -2.07. The summed E-state index contributed by atoms with van der Waals surface area (Å²) >= 11 is 1.68. The number of hydrogen-bond acceptors (Lipinski definition) is 3. The van der Waals surface area contributed by atoms with Crippen molar-refractivity contribution in [1.82, 2.24) is 4.98 Å². The van der Waals surface area contributed by atoms with E-state index in [4.69, 9.17) is 11.1 Å². The number of nitrogens with one attached hydrogen (secondary N) is 1. The van der Waals surface area contributed by atoms with E-state index in [0.717, 1.165) is 28.5 Å². The molecule has 0 aliphatic rings. The summed E-state index contributed by atoms with van der Waals surface area (Å²) in [6.45, 7) is 4.11. The number of aromatic nitrogens is 1. The van der Waals surface area contributed by atoms with Gasteiger partial charge in [0.15, 0.2) is 0 Å². The number of amidine groups is 1. The Bertz CT molecular complexity index is 350. The molecule has 0 bridgehead atoms. The van der Waals surface area contributed by atoms with Gasteiger partial charge in [-0.3, -0.25) is 5.41 Å². The summed E-state index contributed by atoms with van der Waals surface area (Å²) in [5.41, 5.74) is 7.22. The summed E-state index contributed by atoms with van der Waals surface area (Å²) in [5, 5.41) is 8.34. The summed E-state index contributed by atoms with van der Waals surface area (Å²) in [5.74, 6) is 1.13. The van der Waals surface area contributed by atoms with E-state index in [0.29, 0.717) is 0 Å². The van der Waals surface area contributed by atoms with E-state index in [2.05, 4.69) is 11.9 Å². The lowest BCUT2D eigenvalue weighted by molar-refractivity contribution is 0.893. The average Bonchev–Trinajstić information content (AvgIpc) is 2.18. The van der Waals surface area contributed by atoms with Gasteiger partial charge in [-0.2, -0.15) is 0 Å². The van der Waals surface area contributed by atoms with Gasteiger partial charge in [-0.05, 0) is 31.2 Å². The number of hydrogen-bond donors (Lipinski definition) is 2. The van der Waals surface area contributed by atoms with Crippen LogP contribution >= 0.6 is 11.8 Å². The first kappa shape index (κ1) is 12.0. The van der Waals surface area contributed by atoms with Crippen molar-refractivity contribution < 1.29 is 0 Å². The molecule has 4 heteroatoms. The first-order valence-electron chi connectivity index (χ1n) is 5.10. The Labute approximate surface area is 95.0 Å². The van der Waals surface area contributed by atoms with Gasteiger partial charge < -0.3 is 5.73 Å². The van der Waals surface area contributed by atoms with Gasteiger partial charge in [0.1, 0.15) is 10.9 Å². The molecule has 3 N–H and O–H groups in total. The number of aryl methyl sites for hydroxylation is 1. The highest BCUT2D eigenvalue weighted by Crippen LogP contribution is 2.21. The molecule has 1 aromatic heterocycles. The van der Waals surface area contributed by atoms with Gasteiger partial charge in [0, 0.05) is 11.3 Å². The van der Waals surface area contributed by atoms with Crippen LogP contribution in [0, 0.1) is 12.3 Å². The highest BCUT2D eigenvalue weighted by Gasteiger charge is 2.07. The van der Waals surface area contributed by atoms with E-state index in [1.165, 1.54) is 6.42 Å². The van der Waals surface area contributed by atoms with Crippen molar-refractivity contribution in [2.75, 3.05) is 5.75 Å². The third-order valence-corrected chi connectivity index (χ3v) is 3.10. The topological polar surface area (TPSA) is 62.8 Å². The largest absolute Gasteiger partial charge is 0.384 e. The van der Waals surface area contributed by atoms with Crippen LogP contribution in [0.1, 0.15) is 31.0 Å². The van der Waals surface area contributed by atoms with Crippen molar-refractivity contribution in [3.63, 3.8) is 0 Å². The predicted octanol–water partition coefficient (Wildman–Crippen LogP) is 2.57. The molecule has 0 aliphatic carbocycles. The fourth-order valence-corrected chi connectivity index (χ4v) is 2.33. The van der Waals surface area contributed by atoms with Gasteiger partial charge in [0.05, 0.1) is 0 Å². The molecule has 1 aromatic rings. The maximum absolute atomic E-state index is 7.45. The molecule has 82 valence electrons. The fourth-order valence-electron chi connectivity index (χ4n) is 1.16. The van der Waals surface area contributed by atoms with Gasteiger partial charge in [-0.25, -0.2) is 4.98 Å². The van der Waals surface area contributed by atoms with Crippen LogP contribution in [0.3, 0.4) is 0 Å².